The number of alkyl halides is 2. The van der Waals surface area contributed by atoms with Crippen molar-refractivity contribution < 1.29 is 13.5 Å². The highest BCUT2D eigenvalue weighted by molar-refractivity contribution is 5.37. The van der Waals surface area contributed by atoms with Crippen LogP contribution in [0.3, 0.4) is 0 Å². The van der Waals surface area contributed by atoms with Gasteiger partial charge in [-0.05, 0) is 24.6 Å². The van der Waals surface area contributed by atoms with E-state index in [0.717, 1.165) is 11.1 Å². The van der Waals surface area contributed by atoms with Gasteiger partial charge in [0.2, 0.25) is 0 Å². The Kier molecular flexibility index (Phi) is 3.92. The van der Waals surface area contributed by atoms with Crippen LogP contribution >= 0.6 is 0 Å². The van der Waals surface area contributed by atoms with Gasteiger partial charge >= 0.3 is 0 Å². The summed E-state index contributed by atoms with van der Waals surface area (Å²) in [6.07, 6.45) is -2.52. The zero-order valence-electron chi connectivity index (χ0n) is 10.1. The Balaban J connectivity index is 2.14. The lowest BCUT2D eigenvalue weighted by Gasteiger charge is -2.11. The fourth-order valence-electron chi connectivity index (χ4n) is 1.71. The first kappa shape index (κ1) is 12.6. The van der Waals surface area contributed by atoms with Crippen LogP contribution in [0.1, 0.15) is 23.1 Å². The Morgan fingerprint density at radius 3 is 2.44 bits per heavy atom. The Morgan fingerprint density at radius 1 is 1.06 bits per heavy atom. The van der Waals surface area contributed by atoms with Crippen molar-refractivity contribution in [1.29, 1.82) is 0 Å². The molecule has 0 aliphatic carbocycles. The Labute approximate surface area is 105 Å². The first-order valence-electron chi connectivity index (χ1n) is 5.72. The van der Waals surface area contributed by atoms with Crippen LogP contribution in [0.5, 0.6) is 5.75 Å². The van der Waals surface area contributed by atoms with Gasteiger partial charge in [-0.1, -0.05) is 42.0 Å². The van der Waals surface area contributed by atoms with Crippen molar-refractivity contribution in [2.24, 2.45) is 0 Å². The molecule has 0 heterocycles. The van der Waals surface area contributed by atoms with Crippen molar-refractivity contribution in [3.8, 4) is 5.75 Å². The molecule has 0 radical (unpaired) electrons. The van der Waals surface area contributed by atoms with Crippen LogP contribution in [0, 0.1) is 6.92 Å². The molecule has 0 saturated heterocycles. The maximum absolute atomic E-state index is 12.9. The lowest BCUT2D eigenvalue weighted by molar-refractivity contribution is 0.144. The number of benzene rings is 2. The lowest BCUT2D eigenvalue weighted by atomic mass is 10.1. The fourth-order valence-corrected chi connectivity index (χ4v) is 1.71. The fraction of sp³-hybridized carbons (Fsp3) is 0.200. The molecule has 0 fully saturated rings. The molecule has 18 heavy (non-hydrogen) atoms. The van der Waals surface area contributed by atoms with Gasteiger partial charge in [0.25, 0.3) is 6.43 Å². The minimum absolute atomic E-state index is 0.0501. The van der Waals surface area contributed by atoms with Crippen LogP contribution in [0.15, 0.2) is 48.5 Å². The number of hydrogen-bond donors (Lipinski definition) is 0. The minimum atomic E-state index is -2.52. The Morgan fingerprint density at radius 2 is 1.78 bits per heavy atom. The van der Waals surface area contributed by atoms with E-state index in [1.807, 2.05) is 30.3 Å². The van der Waals surface area contributed by atoms with Gasteiger partial charge in [0, 0.05) is 0 Å². The SMILES string of the molecule is Cc1ccc(OCc2ccccc2)c(C(F)F)c1. The quantitative estimate of drug-likeness (QED) is 0.773. The Hall–Kier alpha value is -1.90. The molecule has 2 aromatic carbocycles. The summed E-state index contributed by atoms with van der Waals surface area (Å²) in [5.41, 5.74) is 1.71. The number of halogens is 2. The van der Waals surface area contributed by atoms with E-state index < -0.39 is 6.43 Å². The molecule has 0 aliphatic heterocycles. The second-order valence-electron chi connectivity index (χ2n) is 4.12. The average Bonchev–Trinajstić information content (AvgIpc) is 2.38. The van der Waals surface area contributed by atoms with E-state index in [0.29, 0.717) is 6.61 Å². The highest BCUT2D eigenvalue weighted by Gasteiger charge is 2.14. The predicted molar refractivity (Wildman–Crippen MR) is 66.9 cm³/mol. The van der Waals surface area contributed by atoms with E-state index in [4.69, 9.17) is 4.74 Å². The molecule has 2 aromatic rings. The van der Waals surface area contributed by atoms with Crippen LogP contribution in [0.2, 0.25) is 0 Å². The van der Waals surface area contributed by atoms with Crippen LogP contribution in [-0.4, -0.2) is 0 Å². The highest BCUT2D eigenvalue weighted by atomic mass is 19.3. The second-order valence-corrected chi connectivity index (χ2v) is 4.12. The van der Waals surface area contributed by atoms with Crippen LogP contribution < -0.4 is 4.74 Å². The van der Waals surface area contributed by atoms with Crippen molar-refractivity contribution >= 4 is 0 Å². The van der Waals surface area contributed by atoms with Gasteiger partial charge in [0.1, 0.15) is 12.4 Å². The van der Waals surface area contributed by atoms with E-state index in [-0.39, 0.29) is 11.3 Å². The van der Waals surface area contributed by atoms with Crippen LogP contribution in [-0.2, 0) is 6.61 Å². The summed E-state index contributed by atoms with van der Waals surface area (Å²) < 4.78 is 31.2. The van der Waals surface area contributed by atoms with Crippen molar-refractivity contribution in [2.45, 2.75) is 20.0 Å². The molecule has 3 heteroatoms. The average molecular weight is 248 g/mol. The third-order valence-corrected chi connectivity index (χ3v) is 2.64. The van der Waals surface area contributed by atoms with Crippen molar-refractivity contribution in [3.63, 3.8) is 0 Å². The van der Waals surface area contributed by atoms with Gasteiger partial charge in [0.15, 0.2) is 0 Å². The Bertz CT molecular complexity index is 509. The van der Waals surface area contributed by atoms with Gasteiger partial charge in [-0.15, -0.1) is 0 Å². The number of hydrogen-bond acceptors (Lipinski definition) is 1. The first-order chi connectivity index (χ1) is 8.66. The molecule has 0 saturated carbocycles. The zero-order chi connectivity index (χ0) is 13.0. The normalized spacial score (nSPS) is 10.7. The van der Waals surface area contributed by atoms with Gasteiger partial charge < -0.3 is 4.74 Å². The predicted octanol–water partition coefficient (Wildman–Crippen LogP) is 4.51. The first-order valence-corrected chi connectivity index (χ1v) is 5.72. The standard InChI is InChI=1S/C15H14F2O/c1-11-7-8-14(13(9-11)15(16)17)18-10-12-5-3-2-4-6-12/h2-9,15H,10H2,1H3. The zero-order valence-corrected chi connectivity index (χ0v) is 10.1. The molecule has 0 aromatic heterocycles. The summed E-state index contributed by atoms with van der Waals surface area (Å²) >= 11 is 0. The van der Waals surface area contributed by atoms with E-state index in [1.165, 1.54) is 6.07 Å². The molecule has 94 valence electrons. The third-order valence-electron chi connectivity index (χ3n) is 2.64. The maximum atomic E-state index is 12.9. The molecule has 0 aliphatic rings. The van der Waals surface area contributed by atoms with Gasteiger partial charge in [-0.2, -0.15) is 0 Å². The summed E-state index contributed by atoms with van der Waals surface area (Å²) in [5.74, 6) is 0.249. The van der Waals surface area contributed by atoms with Crippen LogP contribution in [0.4, 0.5) is 8.78 Å². The molecule has 2 rings (SSSR count). The third kappa shape index (κ3) is 3.06. The van der Waals surface area contributed by atoms with E-state index in [1.54, 1.807) is 19.1 Å². The summed E-state index contributed by atoms with van der Waals surface area (Å²) in [7, 11) is 0. The molecule has 0 unspecified atom stereocenters. The van der Waals surface area contributed by atoms with Crippen molar-refractivity contribution in [1.82, 2.24) is 0 Å². The highest BCUT2D eigenvalue weighted by Crippen LogP contribution is 2.30. The van der Waals surface area contributed by atoms with Gasteiger partial charge in [-0.25, -0.2) is 8.78 Å². The molecular weight excluding hydrogens is 234 g/mol. The van der Waals surface area contributed by atoms with Crippen LogP contribution in [0.25, 0.3) is 0 Å². The topological polar surface area (TPSA) is 9.23 Å². The monoisotopic (exact) mass is 248 g/mol. The minimum Gasteiger partial charge on any atom is -0.488 e. The van der Waals surface area contributed by atoms with Crippen molar-refractivity contribution in [2.75, 3.05) is 0 Å². The molecule has 0 atom stereocenters. The molecular formula is C15H14F2O. The largest absolute Gasteiger partial charge is 0.488 e. The van der Waals surface area contributed by atoms with Gasteiger partial charge in [-0.3, -0.25) is 0 Å². The molecule has 0 amide bonds. The number of aryl methyl sites for hydroxylation is 1. The second kappa shape index (κ2) is 5.63. The summed E-state index contributed by atoms with van der Waals surface area (Å²) in [4.78, 5) is 0. The van der Waals surface area contributed by atoms with E-state index >= 15 is 0 Å². The molecule has 0 N–H and O–H groups in total. The smallest absolute Gasteiger partial charge is 0.267 e. The maximum Gasteiger partial charge on any atom is 0.267 e. The summed E-state index contributed by atoms with van der Waals surface area (Å²) in [5, 5.41) is 0. The summed E-state index contributed by atoms with van der Waals surface area (Å²) in [6.45, 7) is 2.08. The van der Waals surface area contributed by atoms with Gasteiger partial charge in [0.05, 0.1) is 5.56 Å². The molecule has 0 bridgehead atoms. The van der Waals surface area contributed by atoms with Crippen molar-refractivity contribution in [3.05, 3.63) is 65.2 Å². The lowest BCUT2D eigenvalue weighted by Crippen LogP contribution is -1.99. The van der Waals surface area contributed by atoms with E-state index in [9.17, 15) is 8.78 Å². The van der Waals surface area contributed by atoms with E-state index in [2.05, 4.69) is 0 Å². The number of rotatable bonds is 4. The summed E-state index contributed by atoms with van der Waals surface area (Å²) in [6, 6.07) is 14.3. The number of ether oxygens (including phenoxy) is 1. The molecule has 0 spiro atoms. The molecule has 1 nitrogen and oxygen atoms in total.